The lowest BCUT2D eigenvalue weighted by Gasteiger charge is -2.28. The number of hydrogen-bond acceptors (Lipinski definition) is 3. The molecule has 96 valence electrons. The second-order valence-corrected chi connectivity index (χ2v) is 4.20. The third-order valence-corrected chi connectivity index (χ3v) is 2.82. The average molecular weight is 239 g/mol. The second-order valence-electron chi connectivity index (χ2n) is 4.20. The van der Waals surface area contributed by atoms with Crippen LogP contribution in [0.5, 0.6) is 0 Å². The van der Waals surface area contributed by atoms with Gasteiger partial charge in [0.1, 0.15) is 5.41 Å². The lowest BCUT2D eigenvalue weighted by atomic mass is 9.87. The number of hydrogen-bond donors (Lipinski definition) is 1. The van der Waals surface area contributed by atoms with E-state index in [-0.39, 0.29) is 18.4 Å². The van der Waals surface area contributed by atoms with Gasteiger partial charge in [0, 0.05) is 13.6 Å². The molecular weight excluding hydrogens is 218 g/mol. The Bertz CT molecular complexity index is 322. The molecule has 1 atom stereocenters. The molecule has 0 aromatic carbocycles. The Hall–Kier alpha value is -1.57. The summed E-state index contributed by atoms with van der Waals surface area (Å²) in [6, 6.07) is 2.04. The van der Waals surface area contributed by atoms with E-state index in [2.05, 4.69) is 5.32 Å². The number of rotatable bonds is 6. The molecule has 1 N–H and O–H groups in total. The van der Waals surface area contributed by atoms with Crippen molar-refractivity contribution in [1.29, 1.82) is 5.26 Å². The number of nitriles is 1. The topological polar surface area (TPSA) is 73.2 Å². The van der Waals surface area contributed by atoms with Gasteiger partial charge in [-0.05, 0) is 19.8 Å². The van der Waals surface area contributed by atoms with Crippen molar-refractivity contribution < 1.29 is 9.59 Å². The van der Waals surface area contributed by atoms with Gasteiger partial charge >= 0.3 is 0 Å². The van der Waals surface area contributed by atoms with Crippen molar-refractivity contribution in [3.63, 3.8) is 0 Å². The van der Waals surface area contributed by atoms with E-state index in [0.29, 0.717) is 13.0 Å². The zero-order valence-electron chi connectivity index (χ0n) is 11.0. The standard InChI is InChI=1S/C12H21N3O2/c1-5-7-15(8-10(16)14-4)11(17)12(3,6-2)9-13/h5-8H2,1-4H3,(H,14,16). The fourth-order valence-corrected chi connectivity index (χ4v) is 1.40. The molecule has 0 bridgehead atoms. The molecule has 0 saturated heterocycles. The number of likely N-dealkylation sites (N-methyl/N-ethyl adjacent to an activating group) is 1. The first-order valence-electron chi connectivity index (χ1n) is 5.86. The van der Waals surface area contributed by atoms with Gasteiger partial charge in [-0.3, -0.25) is 9.59 Å². The maximum absolute atomic E-state index is 12.2. The van der Waals surface area contributed by atoms with Gasteiger partial charge < -0.3 is 10.2 Å². The molecule has 0 rings (SSSR count). The minimum Gasteiger partial charge on any atom is -0.358 e. The maximum atomic E-state index is 12.2. The van der Waals surface area contributed by atoms with Crippen LogP contribution in [-0.4, -0.2) is 36.9 Å². The van der Waals surface area contributed by atoms with Crippen molar-refractivity contribution >= 4 is 11.8 Å². The quantitative estimate of drug-likeness (QED) is 0.748. The SMILES string of the molecule is CCCN(CC(=O)NC)C(=O)C(C)(C#N)CC. The van der Waals surface area contributed by atoms with E-state index in [1.807, 2.05) is 13.0 Å². The van der Waals surface area contributed by atoms with Crippen LogP contribution >= 0.6 is 0 Å². The molecule has 0 aliphatic carbocycles. The van der Waals surface area contributed by atoms with Crippen LogP contribution in [0.4, 0.5) is 0 Å². The first-order valence-corrected chi connectivity index (χ1v) is 5.86. The Morgan fingerprint density at radius 2 is 2.00 bits per heavy atom. The van der Waals surface area contributed by atoms with E-state index >= 15 is 0 Å². The molecule has 0 spiro atoms. The molecule has 0 saturated carbocycles. The van der Waals surface area contributed by atoms with Crippen molar-refractivity contribution in [3.05, 3.63) is 0 Å². The molecule has 0 aromatic heterocycles. The Kier molecular flexibility index (Phi) is 6.26. The van der Waals surface area contributed by atoms with E-state index in [1.54, 1.807) is 13.8 Å². The Balaban J connectivity index is 4.88. The molecule has 0 fully saturated rings. The Labute approximate surface area is 103 Å². The molecule has 17 heavy (non-hydrogen) atoms. The predicted octanol–water partition coefficient (Wildman–Crippen LogP) is 0.911. The third-order valence-electron chi connectivity index (χ3n) is 2.82. The molecular formula is C12H21N3O2. The highest BCUT2D eigenvalue weighted by molar-refractivity contribution is 5.89. The summed E-state index contributed by atoms with van der Waals surface area (Å²) < 4.78 is 0. The van der Waals surface area contributed by atoms with E-state index in [9.17, 15) is 9.59 Å². The van der Waals surface area contributed by atoms with Crippen LogP contribution in [0, 0.1) is 16.7 Å². The molecule has 0 aliphatic rings. The summed E-state index contributed by atoms with van der Waals surface area (Å²) in [5.41, 5.74) is -1.04. The second kappa shape index (κ2) is 6.89. The Morgan fingerprint density at radius 3 is 2.35 bits per heavy atom. The molecule has 5 nitrogen and oxygen atoms in total. The third kappa shape index (κ3) is 4.06. The van der Waals surface area contributed by atoms with Gasteiger partial charge in [0.15, 0.2) is 0 Å². The van der Waals surface area contributed by atoms with E-state index in [0.717, 1.165) is 6.42 Å². The zero-order valence-corrected chi connectivity index (χ0v) is 11.0. The van der Waals surface area contributed by atoms with Gasteiger partial charge in [-0.2, -0.15) is 5.26 Å². The number of nitrogens with zero attached hydrogens (tertiary/aromatic N) is 2. The van der Waals surface area contributed by atoms with Gasteiger partial charge in [-0.25, -0.2) is 0 Å². The van der Waals surface area contributed by atoms with Crippen molar-refractivity contribution in [2.24, 2.45) is 5.41 Å². The lowest BCUT2D eigenvalue weighted by Crippen LogP contribution is -2.46. The van der Waals surface area contributed by atoms with Gasteiger partial charge in [0.2, 0.25) is 11.8 Å². The molecule has 5 heteroatoms. The number of amides is 2. The first-order chi connectivity index (χ1) is 7.95. The average Bonchev–Trinajstić information content (AvgIpc) is 2.36. The van der Waals surface area contributed by atoms with Crippen molar-refractivity contribution in [3.8, 4) is 6.07 Å². The molecule has 0 heterocycles. The van der Waals surface area contributed by atoms with Crippen LogP contribution in [-0.2, 0) is 9.59 Å². The van der Waals surface area contributed by atoms with Crippen LogP contribution < -0.4 is 5.32 Å². The molecule has 0 aliphatic heterocycles. The smallest absolute Gasteiger partial charge is 0.243 e. The summed E-state index contributed by atoms with van der Waals surface area (Å²) in [4.78, 5) is 25.0. The minimum atomic E-state index is -1.04. The zero-order chi connectivity index (χ0) is 13.5. The highest BCUT2D eigenvalue weighted by Gasteiger charge is 2.35. The van der Waals surface area contributed by atoms with Gasteiger partial charge in [-0.15, -0.1) is 0 Å². The van der Waals surface area contributed by atoms with Crippen molar-refractivity contribution in [2.75, 3.05) is 20.1 Å². The van der Waals surface area contributed by atoms with Crippen molar-refractivity contribution in [2.45, 2.75) is 33.6 Å². The summed E-state index contributed by atoms with van der Waals surface area (Å²) in [6.45, 7) is 5.84. The maximum Gasteiger partial charge on any atom is 0.243 e. The Morgan fingerprint density at radius 1 is 1.41 bits per heavy atom. The fraction of sp³-hybridized carbons (Fsp3) is 0.750. The van der Waals surface area contributed by atoms with Gasteiger partial charge in [0.05, 0.1) is 12.6 Å². The molecule has 2 amide bonds. The summed E-state index contributed by atoms with van der Waals surface area (Å²) in [5, 5.41) is 11.5. The first kappa shape index (κ1) is 15.4. The van der Waals surface area contributed by atoms with Crippen molar-refractivity contribution in [1.82, 2.24) is 10.2 Å². The normalized spacial score (nSPS) is 13.4. The van der Waals surface area contributed by atoms with Crippen LogP contribution in [0.1, 0.15) is 33.6 Å². The van der Waals surface area contributed by atoms with E-state index < -0.39 is 5.41 Å². The predicted molar refractivity (Wildman–Crippen MR) is 64.9 cm³/mol. The van der Waals surface area contributed by atoms with E-state index in [1.165, 1.54) is 11.9 Å². The summed E-state index contributed by atoms with van der Waals surface area (Å²) in [5.74, 6) is -0.490. The highest BCUT2D eigenvalue weighted by Crippen LogP contribution is 2.23. The van der Waals surface area contributed by atoms with Crippen LogP contribution in [0.3, 0.4) is 0 Å². The summed E-state index contributed by atoms with van der Waals surface area (Å²) in [6.07, 6.45) is 1.20. The number of carbonyl (C=O) groups excluding carboxylic acids is 2. The number of nitrogens with one attached hydrogen (secondary N) is 1. The van der Waals surface area contributed by atoms with Gasteiger partial charge in [-0.1, -0.05) is 13.8 Å². The summed E-state index contributed by atoms with van der Waals surface area (Å²) in [7, 11) is 1.53. The lowest BCUT2D eigenvalue weighted by molar-refractivity contribution is -0.141. The molecule has 0 radical (unpaired) electrons. The number of carbonyl (C=O) groups is 2. The minimum absolute atomic E-state index is 0.0143. The van der Waals surface area contributed by atoms with Crippen LogP contribution in [0.15, 0.2) is 0 Å². The van der Waals surface area contributed by atoms with Crippen LogP contribution in [0.2, 0.25) is 0 Å². The highest BCUT2D eigenvalue weighted by atomic mass is 16.2. The largest absolute Gasteiger partial charge is 0.358 e. The van der Waals surface area contributed by atoms with Crippen LogP contribution in [0.25, 0.3) is 0 Å². The molecule has 1 unspecified atom stereocenters. The van der Waals surface area contributed by atoms with E-state index in [4.69, 9.17) is 5.26 Å². The monoisotopic (exact) mass is 239 g/mol. The summed E-state index contributed by atoms with van der Waals surface area (Å²) >= 11 is 0. The van der Waals surface area contributed by atoms with Gasteiger partial charge in [0.25, 0.3) is 0 Å². The fourth-order valence-electron chi connectivity index (χ4n) is 1.40. The molecule has 0 aromatic rings.